The van der Waals surface area contributed by atoms with Crippen molar-refractivity contribution in [1.29, 1.82) is 0 Å². The lowest BCUT2D eigenvalue weighted by Gasteiger charge is -2.14. The van der Waals surface area contributed by atoms with Crippen molar-refractivity contribution >= 4 is 24.3 Å². The number of rotatable bonds is 4. The molecule has 1 saturated heterocycles. The lowest BCUT2D eigenvalue weighted by molar-refractivity contribution is -0.119. The van der Waals surface area contributed by atoms with Crippen molar-refractivity contribution in [3.05, 3.63) is 23.5 Å². The van der Waals surface area contributed by atoms with Gasteiger partial charge in [0.05, 0.1) is 12.2 Å². The summed E-state index contributed by atoms with van der Waals surface area (Å²) >= 11 is 0. The maximum absolute atomic E-state index is 11.3. The van der Waals surface area contributed by atoms with Crippen LogP contribution in [0.3, 0.4) is 0 Å². The van der Waals surface area contributed by atoms with Crippen LogP contribution in [0, 0.1) is 0 Å². The molecule has 0 atom stereocenters. The molecule has 0 spiro atoms. The molecule has 100 valence electrons. The average Bonchev–Trinajstić information content (AvgIpc) is 2.77. The normalized spacial score (nSPS) is 17.5. The van der Waals surface area contributed by atoms with E-state index in [4.69, 9.17) is 0 Å². The largest absolute Gasteiger partial charge is 0.313 e. The quantitative estimate of drug-likeness (QED) is 0.910. The Bertz CT molecular complexity index is 418. The Morgan fingerprint density at radius 3 is 3.11 bits per heavy atom. The molecule has 0 bridgehead atoms. The third-order valence-electron chi connectivity index (χ3n) is 2.95. The fraction of sp³-hybridized carbons (Fsp3) is 0.538. The average molecular weight is 270 g/mol. The monoisotopic (exact) mass is 269 g/mol. The molecule has 0 aromatic carbocycles. The predicted molar refractivity (Wildman–Crippen MR) is 74.9 cm³/mol. The molecular formula is C13H20ClN3O. The maximum atomic E-state index is 11.3. The molecule has 1 aromatic rings. The first-order valence-electron chi connectivity index (χ1n) is 6.23. The van der Waals surface area contributed by atoms with E-state index in [1.807, 2.05) is 19.2 Å². The topological polar surface area (TPSA) is 46.9 Å². The third-order valence-corrected chi connectivity index (χ3v) is 2.95. The summed E-state index contributed by atoms with van der Waals surface area (Å²) < 4.78 is 1.72. The van der Waals surface area contributed by atoms with E-state index in [0.717, 1.165) is 25.2 Å². The van der Waals surface area contributed by atoms with Crippen LogP contribution in [0.1, 0.15) is 31.9 Å². The Labute approximate surface area is 114 Å². The van der Waals surface area contributed by atoms with Gasteiger partial charge in [-0.1, -0.05) is 12.5 Å². The van der Waals surface area contributed by atoms with Gasteiger partial charge >= 0.3 is 0 Å². The van der Waals surface area contributed by atoms with Crippen molar-refractivity contribution in [3.63, 3.8) is 0 Å². The van der Waals surface area contributed by atoms with Gasteiger partial charge in [-0.05, 0) is 31.5 Å². The molecule has 1 aliphatic rings. The highest BCUT2D eigenvalue weighted by Crippen LogP contribution is 2.12. The SMILES string of the molecule is CCC(=O)Cn1ccc(C=C2CCCNC2)n1.Cl. The smallest absolute Gasteiger partial charge is 0.154 e. The van der Waals surface area contributed by atoms with E-state index in [2.05, 4.69) is 16.5 Å². The molecule has 1 aliphatic heterocycles. The molecule has 1 N–H and O–H groups in total. The zero-order chi connectivity index (χ0) is 12.1. The Morgan fingerprint density at radius 1 is 1.61 bits per heavy atom. The molecule has 2 heterocycles. The number of carbonyl (C=O) groups is 1. The summed E-state index contributed by atoms with van der Waals surface area (Å²) in [6, 6.07) is 1.96. The van der Waals surface area contributed by atoms with Crippen LogP contribution in [-0.2, 0) is 11.3 Å². The third kappa shape index (κ3) is 4.27. The highest BCUT2D eigenvalue weighted by Gasteiger charge is 2.06. The minimum Gasteiger partial charge on any atom is -0.313 e. The van der Waals surface area contributed by atoms with Gasteiger partial charge in [-0.15, -0.1) is 12.4 Å². The standard InChI is InChI=1S/C13H19N3O.ClH/c1-2-13(17)10-16-7-5-12(15-16)8-11-4-3-6-14-9-11;/h5,7-8,14H,2-4,6,9-10H2,1H3;1H. The summed E-state index contributed by atoms with van der Waals surface area (Å²) in [5, 5.41) is 7.73. The molecule has 0 radical (unpaired) electrons. The van der Waals surface area contributed by atoms with E-state index in [9.17, 15) is 4.79 Å². The number of halogens is 1. The van der Waals surface area contributed by atoms with Gasteiger partial charge in [0.1, 0.15) is 0 Å². The van der Waals surface area contributed by atoms with Crippen molar-refractivity contribution in [2.45, 2.75) is 32.7 Å². The minimum absolute atomic E-state index is 0. The first-order chi connectivity index (χ1) is 8.28. The second kappa shape index (κ2) is 7.34. The van der Waals surface area contributed by atoms with Gasteiger partial charge in [0.2, 0.25) is 0 Å². The van der Waals surface area contributed by atoms with Gasteiger partial charge in [0, 0.05) is 19.2 Å². The van der Waals surface area contributed by atoms with Crippen LogP contribution in [0.15, 0.2) is 17.8 Å². The second-order valence-electron chi connectivity index (χ2n) is 4.41. The summed E-state index contributed by atoms with van der Waals surface area (Å²) in [4.78, 5) is 11.3. The minimum atomic E-state index is 0. The Hall–Kier alpha value is -1.13. The number of nitrogens with zero attached hydrogens (tertiary/aromatic N) is 2. The van der Waals surface area contributed by atoms with Gasteiger partial charge < -0.3 is 5.32 Å². The number of hydrogen-bond acceptors (Lipinski definition) is 3. The van der Waals surface area contributed by atoms with Crippen molar-refractivity contribution in [1.82, 2.24) is 15.1 Å². The second-order valence-corrected chi connectivity index (χ2v) is 4.41. The lowest BCUT2D eigenvalue weighted by Crippen LogP contribution is -2.23. The van der Waals surface area contributed by atoms with Gasteiger partial charge in [0.15, 0.2) is 5.78 Å². The molecule has 0 saturated carbocycles. The molecular weight excluding hydrogens is 250 g/mol. The molecule has 0 amide bonds. The first-order valence-corrected chi connectivity index (χ1v) is 6.23. The van der Waals surface area contributed by atoms with E-state index >= 15 is 0 Å². The zero-order valence-electron chi connectivity index (χ0n) is 10.7. The van der Waals surface area contributed by atoms with Gasteiger partial charge in [-0.25, -0.2) is 0 Å². The van der Waals surface area contributed by atoms with E-state index < -0.39 is 0 Å². The van der Waals surface area contributed by atoms with Crippen molar-refractivity contribution in [2.75, 3.05) is 13.1 Å². The first kappa shape index (κ1) is 14.9. The van der Waals surface area contributed by atoms with E-state index in [1.54, 1.807) is 4.68 Å². The number of hydrogen-bond donors (Lipinski definition) is 1. The van der Waals surface area contributed by atoms with Crippen molar-refractivity contribution in [3.8, 4) is 0 Å². The summed E-state index contributed by atoms with van der Waals surface area (Å²) in [6.07, 6.45) is 6.91. The van der Waals surface area contributed by atoms with Crippen LogP contribution in [0.4, 0.5) is 0 Å². The van der Waals surface area contributed by atoms with E-state index in [1.165, 1.54) is 12.0 Å². The number of Topliss-reactive ketones (excluding diaryl/α,β-unsaturated/α-hetero) is 1. The molecule has 1 aromatic heterocycles. The molecule has 4 nitrogen and oxygen atoms in total. The predicted octanol–water partition coefficient (Wildman–Crippen LogP) is 2.05. The highest BCUT2D eigenvalue weighted by molar-refractivity contribution is 5.85. The Kier molecular flexibility index (Phi) is 6.09. The Morgan fingerprint density at radius 2 is 2.44 bits per heavy atom. The maximum Gasteiger partial charge on any atom is 0.154 e. The van der Waals surface area contributed by atoms with Crippen LogP contribution >= 0.6 is 12.4 Å². The van der Waals surface area contributed by atoms with Crippen molar-refractivity contribution in [2.24, 2.45) is 0 Å². The van der Waals surface area contributed by atoms with Crippen LogP contribution in [0.2, 0.25) is 0 Å². The lowest BCUT2D eigenvalue weighted by atomic mass is 10.1. The molecule has 1 fully saturated rings. The zero-order valence-corrected chi connectivity index (χ0v) is 11.5. The fourth-order valence-electron chi connectivity index (χ4n) is 1.95. The molecule has 18 heavy (non-hydrogen) atoms. The summed E-state index contributed by atoms with van der Waals surface area (Å²) in [7, 11) is 0. The number of ketones is 1. The molecule has 5 heteroatoms. The van der Waals surface area contributed by atoms with Gasteiger partial charge in [0.25, 0.3) is 0 Å². The van der Waals surface area contributed by atoms with Crippen LogP contribution < -0.4 is 5.32 Å². The van der Waals surface area contributed by atoms with E-state index in [-0.39, 0.29) is 18.2 Å². The number of piperidine rings is 1. The van der Waals surface area contributed by atoms with Crippen LogP contribution in [0.5, 0.6) is 0 Å². The van der Waals surface area contributed by atoms with Crippen LogP contribution in [0.25, 0.3) is 6.08 Å². The fourth-order valence-corrected chi connectivity index (χ4v) is 1.95. The van der Waals surface area contributed by atoms with Crippen molar-refractivity contribution < 1.29 is 4.79 Å². The molecule has 0 aliphatic carbocycles. The number of nitrogens with one attached hydrogen (secondary N) is 1. The summed E-state index contributed by atoms with van der Waals surface area (Å²) in [5.41, 5.74) is 2.34. The Balaban J connectivity index is 0.00000162. The summed E-state index contributed by atoms with van der Waals surface area (Å²) in [5.74, 6) is 0.214. The van der Waals surface area contributed by atoms with Gasteiger partial charge in [-0.3, -0.25) is 9.48 Å². The molecule has 2 rings (SSSR count). The van der Waals surface area contributed by atoms with Gasteiger partial charge in [-0.2, -0.15) is 5.10 Å². The summed E-state index contributed by atoms with van der Waals surface area (Å²) in [6.45, 7) is 4.33. The highest BCUT2D eigenvalue weighted by atomic mass is 35.5. The number of aromatic nitrogens is 2. The van der Waals surface area contributed by atoms with E-state index in [0.29, 0.717) is 13.0 Å². The van der Waals surface area contributed by atoms with Crippen LogP contribution in [-0.4, -0.2) is 28.7 Å². The number of carbonyl (C=O) groups excluding carboxylic acids is 1. The molecule has 0 unspecified atom stereocenters.